The van der Waals surface area contributed by atoms with Crippen LogP contribution in [0.2, 0.25) is 0 Å². The first-order chi connectivity index (χ1) is 10.3. The van der Waals surface area contributed by atoms with Crippen LogP contribution in [0.25, 0.3) is 5.57 Å². The van der Waals surface area contributed by atoms with Gasteiger partial charge in [-0.3, -0.25) is 0 Å². The van der Waals surface area contributed by atoms with Gasteiger partial charge < -0.3 is 25.7 Å². The zero-order valence-electron chi connectivity index (χ0n) is 12.3. The number of esters is 1. The number of hydrogen-bond acceptors (Lipinski definition) is 7. The van der Waals surface area contributed by atoms with E-state index in [1.807, 2.05) is 0 Å². The number of alkyl halides is 3. The van der Waals surface area contributed by atoms with E-state index in [-0.39, 0.29) is 43.8 Å². The maximum Gasteiger partial charge on any atom is 0.451 e. The minimum atomic E-state index is -4.79. The van der Waals surface area contributed by atoms with Crippen LogP contribution in [0.3, 0.4) is 0 Å². The second-order valence-corrected chi connectivity index (χ2v) is 3.58. The largest absolute Gasteiger partial charge is 0.503 e. The number of aromatic nitrogens is 2. The Kier molecular flexibility index (Phi) is 8.92. The van der Waals surface area contributed by atoms with Crippen molar-refractivity contribution in [2.75, 3.05) is 14.2 Å². The van der Waals surface area contributed by atoms with E-state index in [9.17, 15) is 18.0 Å². The molecule has 0 aliphatic rings. The van der Waals surface area contributed by atoms with Crippen LogP contribution in [0.15, 0.2) is 17.6 Å². The first-order valence-corrected chi connectivity index (χ1v) is 5.64. The number of nitrogens with zero attached hydrogens (tertiary/aromatic N) is 3. The van der Waals surface area contributed by atoms with Crippen LogP contribution >= 0.6 is 0 Å². The Bertz CT molecular complexity index is 606. The number of hydrogen-bond donors (Lipinski definition) is 0. The zero-order valence-corrected chi connectivity index (χ0v) is 15.2. The molecule has 0 spiro atoms. The number of rotatable bonds is 5. The molecule has 123 valence electrons. The fourth-order valence-electron chi connectivity index (χ4n) is 1.30. The third-order valence-electron chi connectivity index (χ3n) is 2.16. The van der Waals surface area contributed by atoms with Crippen LogP contribution in [0, 0.1) is 0 Å². The van der Waals surface area contributed by atoms with E-state index < -0.39 is 23.8 Å². The molecule has 1 aromatic rings. The maximum absolute atomic E-state index is 12.6. The molecule has 1 radical (unpaired) electrons. The number of methoxy groups -OCH3 is 2. The van der Waals surface area contributed by atoms with Crippen LogP contribution < -0.4 is 4.84 Å². The van der Waals surface area contributed by atoms with Crippen LogP contribution in [0.1, 0.15) is 18.3 Å². The number of carbonyl (C=O) groups is 1. The third kappa shape index (κ3) is 5.87. The summed E-state index contributed by atoms with van der Waals surface area (Å²) in [5.74, 6) is -2.91. The van der Waals surface area contributed by atoms with Crippen LogP contribution in [-0.2, 0) is 53.2 Å². The molecule has 0 unspecified atom stereocenters. The Balaban J connectivity index is 0.00000484. The van der Waals surface area contributed by atoms with Gasteiger partial charge in [-0.2, -0.15) is 25.1 Å². The summed E-state index contributed by atoms with van der Waals surface area (Å²) in [6, 6.07) is 0. The summed E-state index contributed by atoms with van der Waals surface area (Å²) in [5, 5.41) is 3.23. The van der Waals surface area contributed by atoms with Gasteiger partial charge in [0.2, 0.25) is 5.82 Å². The second-order valence-electron chi connectivity index (χ2n) is 3.58. The number of carbonyl (C=O) groups excluding carboxylic acids is 1. The van der Waals surface area contributed by atoms with Gasteiger partial charge >= 0.3 is 12.1 Å². The van der Waals surface area contributed by atoms with Crippen molar-refractivity contribution >= 4 is 17.8 Å². The van der Waals surface area contributed by atoms with Crippen molar-refractivity contribution < 1.29 is 65.0 Å². The quantitative estimate of drug-likeness (QED) is 0.185. The van der Waals surface area contributed by atoms with E-state index in [4.69, 9.17) is 9.57 Å². The van der Waals surface area contributed by atoms with E-state index in [2.05, 4.69) is 26.1 Å². The van der Waals surface area contributed by atoms with Crippen LogP contribution in [0.4, 0.5) is 13.2 Å². The molecular formula is C12H11F3N3O4Y-. The summed E-state index contributed by atoms with van der Waals surface area (Å²) < 4.78 is 47.1. The van der Waals surface area contributed by atoms with Crippen molar-refractivity contribution in [1.29, 1.82) is 0 Å². The summed E-state index contributed by atoms with van der Waals surface area (Å²) >= 11 is 0. The Hall–Kier alpha value is -1.55. The van der Waals surface area contributed by atoms with Crippen molar-refractivity contribution in [2.24, 2.45) is 5.16 Å². The second kappa shape index (κ2) is 9.56. The number of ether oxygens (including phenoxy) is 2. The monoisotopic (exact) mass is 407 g/mol. The van der Waals surface area contributed by atoms with Gasteiger partial charge in [-0.05, 0) is 0 Å². The van der Waals surface area contributed by atoms with Crippen molar-refractivity contribution in [3.63, 3.8) is 0 Å². The molecule has 0 aromatic carbocycles. The molecule has 0 saturated heterocycles. The van der Waals surface area contributed by atoms with Gasteiger partial charge in [-0.25, -0.2) is 9.78 Å². The van der Waals surface area contributed by atoms with E-state index in [0.29, 0.717) is 0 Å². The van der Waals surface area contributed by atoms with Crippen LogP contribution in [-0.4, -0.2) is 36.4 Å². The molecule has 0 aliphatic heterocycles. The Morgan fingerprint density at radius 2 is 2.04 bits per heavy atom. The number of halogens is 3. The van der Waals surface area contributed by atoms with Crippen LogP contribution in [0.5, 0.6) is 5.88 Å². The Labute approximate surface area is 154 Å². The molecular weight excluding hydrogens is 396 g/mol. The molecule has 1 heterocycles. The summed E-state index contributed by atoms with van der Waals surface area (Å²) in [4.78, 5) is 22.7. The first-order valence-electron chi connectivity index (χ1n) is 5.64. The summed E-state index contributed by atoms with van der Waals surface area (Å²) in [7, 11) is 2.33. The standard InChI is InChI=1S/C12H11F3N3O4.Y/c1-4-17-22-9-7(8(6-20-2)10(19)21-3)5-16-11(18-9)12(13,14)15;/h5-6H,1-3H3;/q-1;/b8-6+;. The smallest absolute Gasteiger partial charge is 0.451 e. The predicted octanol–water partition coefficient (Wildman–Crippen LogP) is 1.91. The van der Waals surface area contributed by atoms with E-state index in [1.54, 1.807) is 0 Å². The molecule has 0 amide bonds. The average Bonchev–Trinajstić information content (AvgIpc) is 2.48. The average molecular weight is 407 g/mol. The van der Waals surface area contributed by atoms with E-state index in [1.165, 1.54) is 14.0 Å². The summed E-state index contributed by atoms with van der Waals surface area (Å²) in [5.41, 5.74) is -0.416. The molecule has 1 aromatic heterocycles. The Morgan fingerprint density at radius 3 is 2.52 bits per heavy atom. The minimum Gasteiger partial charge on any atom is -0.503 e. The summed E-state index contributed by atoms with van der Waals surface area (Å²) in [6.45, 7) is 1.36. The molecule has 0 atom stereocenters. The van der Waals surface area contributed by atoms with Gasteiger partial charge in [-0.15, -0.1) is 0 Å². The van der Waals surface area contributed by atoms with Gasteiger partial charge in [0, 0.05) is 38.9 Å². The first kappa shape index (κ1) is 21.5. The van der Waals surface area contributed by atoms with Gasteiger partial charge in [0.1, 0.15) is 5.57 Å². The topological polar surface area (TPSA) is 82.9 Å². The SMILES string of the molecule is C[C-]=NOc1nc(C(F)(F)F)ncc1/C(=C\OC)C(=O)OC.[Y]. The van der Waals surface area contributed by atoms with Crippen molar-refractivity contribution in [2.45, 2.75) is 13.1 Å². The minimum absolute atomic E-state index is 0. The third-order valence-corrected chi connectivity index (χ3v) is 2.16. The summed E-state index contributed by atoms with van der Waals surface area (Å²) in [6.07, 6.45) is -0.851. The van der Waals surface area contributed by atoms with Gasteiger partial charge in [-0.1, -0.05) is 0 Å². The maximum atomic E-state index is 12.6. The molecule has 0 saturated carbocycles. The Morgan fingerprint density at radius 1 is 1.39 bits per heavy atom. The van der Waals surface area contributed by atoms with Crippen molar-refractivity contribution in [3.8, 4) is 5.88 Å². The molecule has 0 aliphatic carbocycles. The molecule has 0 N–H and O–H groups in total. The zero-order chi connectivity index (χ0) is 16.8. The van der Waals surface area contributed by atoms with E-state index >= 15 is 0 Å². The molecule has 7 nitrogen and oxygen atoms in total. The normalized spacial score (nSPS) is 11.8. The van der Waals surface area contributed by atoms with Crippen molar-refractivity contribution in [3.05, 3.63) is 23.8 Å². The van der Waals surface area contributed by atoms with Gasteiger partial charge in [0.25, 0.3) is 5.88 Å². The molecule has 23 heavy (non-hydrogen) atoms. The molecule has 0 fully saturated rings. The van der Waals surface area contributed by atoms with Gasteiger partial charge in [0.15, 0.2) is 0 Å². The molecule has 11 heteroatoms. The molecule has 1 rings (SSSR count). The molecule has 0 bridgehead atoms. The fourth-order valence-corrected chi connectivity index (χ4v) is 1.30. The predicted molar refractivity (Wildman–Crippen MR) is 67.8 cm³/mol. The van der Waals surface area contributed by atoms with Crippen molar-refractivity contribution in [1.82, 2.24) is 9.97 Å². The fraction of sp³-hybridized carbons (Fsp3) is 0.333. The van der Waals surface area contributed by atoms with Gasteiger partial charge in [0.05, 0.1) is 26.0 Å². The van der Waals surface area contributed by atoms with E-state index in [0.717, 1.165) is 19.6 Å².